The Morgan fingerprint density at radius 3 is 2.68 bits per heavy atom. The van der Waals surface area contributed by atoms with E-state index in [1.807, 2.05) is 22.9 Å². The van der Waals surface area contributed by atoms with E-state index in [0.717, 1.165) is 22.9 Å². The number of aromatic nitrogens is 4. The summed E-state index contributed by atoms with van der Waals surface area (Å²) in [7, 11) is 0. The van der Waals surface area contributed by atoms with Gasteiger partial charge in [-0.2, -0.15) is 0 Å². The van der Waals surface area contributed by atoms with Crippen molar-refractivity contribution in [2.75, 3.05) is 11.9 Å². The lowest BCUT2D eigenvalue weighted by molar-refractivity contribution is -0.115. The second-order valence-corrected chi connectivity index (χ2v) is 7.41. The van der Waals surface area contributed by atoms with Crippen LogP contribution in [0.5, 0.6) is 0 Å². The molecule has 1 aliphatic carbocycles. The number of carbonyl (C=O) groups is 2. The van der Waals surface area contributed by atoms with Crippen molar-refractivity contribution in [3.8, 4) is 11.4 Å². The molecule has 28 heavy (non-hydrogen) atoms. The summed E-state index contributed by atoms with van der Waals surface area (Å²) in [6.45, 7) is -0.126. The highest BCUT2D eigenvalue weighted by Gasteiger charge is 2.28. The summed E-state index contributed by atoms with van der Waals surface area (Å²) in [6, 6.07) is 14.6. The number of nitrogens with zero attached hydrogens (tertiary/aromatic N) is 4. The van der Waals surface area contributed by atoms with Crippen LogP contribution in [0, 0.1) is 0 Å². The van der Waals surface area contributed by atoms with Crippen molar-refractivity contribution in [3.63, 3.8) is 0 Å². The van der Waals surface area contributed by atoms with Gasteiger partial charge in [-0.15, -0.1) is 5.10 Å². The molecular weight excluding hydrogens is 424 g/mol. The Bertz CT molecular complexity index is 1010. The molecule has 1 heterocycles. The molecule has 3 aromatic rings. The second kappa shape index (κ2) is 7.89. The molecule has 142 valence electrons. The molecule has 0 spiro atoms. The van der Waals surface area contributed by atoms with Gasteiger partial charge in [-0.25, -0.2) is 4.68 Å². The van der Waals surface area contributed by atoms with E-state index in [2.05, 4.69) is 42.1 Å². The average molecular weight is 441 g/mol. The first-order valence-corrected chi connectivity index (χ1v) is 9.61. The summed E-state index contributed by atoms with van der Waals surface area (Å²) >= 11 is 3.32. The van der Waals surface area contributed by atoms with E-state index in [-0.39, 0.29) is 18.4 Å². The van der Waals surface area contributed by atoms with E-state index < -0.39 is 0 Å². The molecule has 1 aliphatic rings. The van der Waals surface area contributed by atoms with Gasteiger partial charge in [0.15, 0.2) is 5.82 Å². The summed E-state index contributed by atoms with van der Waals surface area (Å²) < 4.78 is 2.70. The summed E-state index contributed by atoms with van der Waals surface area (Å²) in [4.78, 5) is 24.3. The molecule has 0 unspecified atom stereocenters. The molecule has 1 fully saturated rings. The Morgan fingerprint density at radius 1 is 1.14 bits per heavy atom. The summed E-state index contributed by atoms with van der Waals surface area (Å²) in [6.07, 6.45) is 2.15. The van der Waals surface area contributed by atoms with Crippen LogP contribution in [0.25, 0.3) is 11.4 Å². The summed E-state index contributed by atoms with van der Waals surface area (Å²) in [5, 5.41) is 17.3. The smallest absolute Gasteiger partial charge is 0.251 e. The zero-order chi connectivity index (χ0) is 19.5. The standard InChI is InChI=1S/C19H17BrN6O2/c20-14-6-4-12(5-7-14)19(28)21-11-17(27)22-15-3-1-2-13(10-15)18-23-24-25-26(18)16-8-9-16/h1-7,10,16H,8-9,11H2,(H,21,28)(H,22,27). The molecular formula is C19H17BrN6O2. The molecule has 0 aliphatic heterocycles. The van der Waals surface area contributed by atoms with Crippen molar-refractivity contribution in [1.82, 2.24) is 25.5 Å². The molecule has 9 heteroatoms. The Labute approximate surface area is 169 Å². The number of carbonyl (C=O) groups excluding carboxylic acids is 2. The summed E-state index contributed by atoms with van der Waals surface area (Å²) in [5.74, 6) is 0.0616. The van der Waals surface area contributed by atoms with Gasteiger partial charge in [0.2, 0.25) is 5.91 Å². The van der Waals surface area contributed by atoms with Crippen LogP contribution in [0.1, 0.15) is 29.2 Å². The fourth-order valence-electron chi connectivity index (χ4n) is 2.75. The SMILES string of the molecule is O=C(CNC(=O)c1ccc(Br)cc1)Nc1cccc(-c2nnnn2C2CC2)c1. The van der Waals surface area contributed by atoms with Crippen molar-refractivity contribution in [3.05, 3.63) is 58.6 Å². The maximum absolute atomic E-state index is 12.2. The van der Waals surface area contributed by atoms with Gasteiger partial charge in [0.05, 0.1) is 12.6 Å². The predicted octanol–water partition coefficient (Wildman–Crippen LogP) is 2.81. The van der Waals surface area contributed by atoms with Crippen molar-refractivity contribution >= 4 is 33.4 Å². The number of halogens is 1. The Hall–Kier alpha value is -3.07. The second-order valence-electron chi connectivity index (χ2n) is 6.50. The molecule has 0 radical (unpaired) electrons. The van der Waals surface area contributed by atoms with Gasteiger partial charge in [-0.1, -0.05) is 28.1 Å². The highest BCUT2D eigenvalue weighted by Crippen LogP contribution is 2.36. The Morgan fingerprint density at radius 2 is 1.93 bits per heavy atom. The molecule has 2 N–H and O–H groups in total. The third-order valence-corrected chi connectivity index (χ3v) is 4.83. The summed E-state index contributed by atoms with van der Waals surface area (Å²) in [5.41, 5.74) is 1.93. The van der Waals surface area contributed by atoms with Gasteiger partial charge in [-0.3, -0.25) is 9.59 Å². The monoisotopic (exact) mass is 440 g/mol. The third-order valence-electron chi connectivity index (χ3n) is 4.31. The molecule has 0 saturated heterocycles. The van der Waals surface area contributed by atoms with Gasteiger partial charge in [0.1, 0.15) is 0 Å². The van der Waals surface area contributed by atoms with Crippen LogP contribution in [0.15, 0.2) is 53.0 Å². The van der Waals surface area contributed by atoms with E-state index in [4.69, 9.17) is 0 Å². The number of rotatable bonds is 6. The van der Waals surface area contributed by atoms with Gasteiger partial charge in [-0.05, 0) is 59.7 Å². The lowest BCUT2D eigenvalue weighted by Crippen LogP contribution is -2.32. The molecule has 4 rings (SSSR count). The molecule has 0 atom stereocenters. The van der Waals surface area contributed by atoms with E-state index in [1.165, 1.54) is 0 Å². The lowest BCUT2D eigenvalue weighted by Gasteiger charge is -2.09. The van der Waals surface area contributed by atoms with Gasteiger partial charge >= 0.3 is 0 Å². The van der Waals surface area contributed by atoms with Crippen LogP contribution in [0.2, 0.25) is 0 Å². The van der Waals surface area contributed by atoms with Crippen LogP contribution >= 0.6 is 15.9 Å². The molecule has 0 bridgehead atoms. The minimum absolute atomic E-state index is 0.126. The molecule has 8 nitrogen and oxygen atoms in total. The van der Waals surface area contributed by atoms with Gasteiger partial charge < -0.3 is 10.6 Å². The fraction of sp³-hybridized carbons (Fsp3) is 0.211. The van der Waals surface area contributed by atoms with Crippen LogP contribution in [0.4, 0.5) is 5.69 Å². The van der Waals surface area contributed by atoms with Crippen molar-refractivity contribution in [2.45, 2.75) is 18.9 Å². The molecule has 2 amide bonds. The minimum Gasteiger partial charge on any atom is -0.343 e. The van der Waals surface area contributed by atoms with Crippen LogP contribution in [0.3, 0.4) is 0 Å². The first-order valence-electron chi connectivity index (χ1n) is 8.82. The zero-order valence-electron chi connectivity index (χ0n) is 14.8. The number of anilines is 1. The predicted molar refractivity (Wildman–Crippen MR) is 107 cm³/mol. The van der Waals surface area contributed by atoms with Crippen LogP contribution in [-0.4, -0.2) is 38.6 Å². The Balaban J connectivity index is 1.37. The number of hydrogen-bond acceptors (Lipinski definition) is 5. The maximum atomic E-state index is 12.2. The zero-order valence-corrected chi connectivity index (χ0v) is 16.4. The number of tetrazole rings is 1. The fourth-order valence-corrected chi connectivity index (χ4v) is 3.02. The van der Waals surface area contributed by atoms with E-state index in [0.29, 0.717) is 23.1 Å². The van der Waals surface area contributed by atoms with Gasteiger partial charge in [0.25, 0.3) is 5.91 Å². The molecule has 1 aromatic heterocycles. The minimum atomic E-state index is -0.315. The number of benzene rings is 2. The van der Waals surface area contributed by atoms with Gasteiger partial charge in [0, 0.05) is 21.3 Å². The first kappa shape index (κ1) is 18.3. The first-order chi connectivity index (χ1) is 13.6. The topological polar surface area (TPSA) is 102 Å². The quantitative estimate of drug-likeness (QED) is 0.613. The maximum Gasteiger partial charge on any atom is 0.251 e. The molecule has 2 aromatic carbocycles. The van der Waals surface area contributed by atoms with E-state index in [1.54, 1.807) is 30.3 Å². The lowest BCUT2D eigenvalue weighted by atomic mass is 10.2. The van der Waals surface area contributed by atoms with Crippen molar-refractivity contribution in [1.29, 1.82) is 0 Å². The van der Waals surface area contributed by atoms with Crippen molar-refractivity contribution in [2.24, 2.45) is 0 Å². The number of nitrogens with one attached hydrogen (secondary N) is 2. The number of hydrogen-bond donors (Lipinski definition) is 2. The van der Waals surface area contributed by atoms with Crippen LogP contribution in [-0.2, 0) is 4.79 Å². The number of amides is 2. The average Bonchev–Trinajstić information content (AvgIpc) is 3.43. The largest absolute Gasteiger partial charge is 0.343 e. The normalized spacial score (nSPS) is 13.2. The third kappa shape index (κ3) is 4.25. The van der Waals surface area contributed by atoms with Crippen molar-refractivity contribution < 1.29 is 9.59 Å². The highest BCUT2D eigenvalue weighted by atomic mass is 79.9. The van der Waals surface area contributed by atoms with E-state index >= 15 is 0 Å². The molecule has 1 saturated carbocycles. The van der Waals surface area contributed by atoms with Crippen LogP contribution < -0.4 is 10.6 Å². The highest BCUT2D eigenvalue weighted by molar-refractivity contribution is 9.10. The van der Waals surface area contributed by atoms with E-state index in [9.17, 15) is 9.59 Å². The Kier molecular flexibility index (Phi) is 5.16.